The van der Waals surface area contributed by atoms with Crippen molar-refractivity contribution in [3.8, 4) is 5.75 Å². The van der Waals surface area contributed by atoms with Gasteiger partial charge in [0, 0.05) is 48.3 Å². The smallest absolute Gasteiger partial charge is 0.410 e. The molecule has 2 heterocycles. The third kappa shape index (κ3) is 7.82. The first kappa shape index (κ1) is 33.7. The van der Waals surface area contributed by atoms with Gasteiger partial charge in [-0.2, -0.15) is 0 Å². The highest BCUT2D eigenvalue weighted by atomic mass is 35.5. The molecule has 3 aromatic carbocycles. The van der Waals surface area contributed by atoms with Crippen LogP contribution in [0.4, 0.5) is 13.6 Å². The van der Waals surface area contributed by atoms with E-state index in [4.69, 9.17) is 16.3 Å². The van der Waals surface area contributed by atoms with Gasteiger partial charge in [-0.25, -0.2) is 13.6 Å². The van der Waals surface area contributed by atoms with E-state index in [-0.39, 0.29) is 54.7 Å². The van der Waals surface area contributed by atoms with Gasteiger partial charge < -0.3 is 24.8 Å². The van der Waals surface area contributed by atoms with Crippen molar-refractivity contribution in [1.82, 2.24) is 20.1 Å². The number of likely N-dealkylation sites (tertiary alicyclic amines) is 1. The number of halogens is 3. The lowest BCUT2D eigenvalue weighted by molar-refractivity contribution is -0.139. The van der Waals surface area contributed by atoms with Gasteiger partial charge in [0.25, 0.3) is 0 Å². The summed E-state index contributed by atoms with van der Waals surface area (Å²) in [7, 11) is 0. The van der Waals surface area contributed by atoms with Crippen molar-refractivity contribution in [2.75, 3.05) is 6.54 Å². The molecule has 9 nitrogen and oxygen atoms in total. The van der Waals surface area contributed by atoms with Crippen LogP contribution in [-0.2, 0) is 29.2 Å². The van der Waals surface area contributed by atoms with Crippen LogP contribution in [0.3, 0.4) is 0 Å². The van der Waals surface area contributed by atoms with Gasteiger partial charge in [-0.15, -0.1) is 0 Å². The lowest BCUT2D eigenvalue weighted by atomic mass is 9.49. The summed E-state index contributed by atoms with van der Waals surface area (Å²) < 4.78 is 35.9. The van der Waals surface area contributed by atoms with Crippen molar-refractivity contribution in [2.45, 2.75) is 58.8 Å². The zero-order chi connectivity index (χ0) is 33.8. The second kappa shape index (κ2) is 14.4. The lowest BCUT2D eigenvalue weighted by Crippen LogP contribution is -2.46. The fourth-order valence-electron chi connectivity index (χ4n) is 5.61. The largest absolute Gasteiger partial charge is 0.412 e. The molecule has 5 rings (SSSR count). The number of fused-ring (bicyclic) bond motifs is 1. The number of hydrogen-bond acceptors (Lipinski definition) is 5. The summed E-state index contributed by atoms with van der Waals surface area (Å²) in [6.45, 7) is 5.45. The molecule has 13 heteroatoms. The van der Waals surface area contributed by atoms with Crippen LogP contribution in [0.2, 0.25) is 18.7 Å². The second-order valence-corrected chi connectivity index (χ2v) is 12.3. The van der Waals surface area contributed by atoms with Crippen LogP contribution in [0.25, 0.3) is 10.9 Å². The van der Waals surface area contributed by atoms with Crippen LogP contribution >= 0.6 is 11.6 Å². The van der Waals surface area contributed by atoms with Crippen LogP contribution in [0, 0.1) is 5.82 Å². The first-order chi connectivity index (χ1) is 22.4. The molecule has 2 atom stereocenters. The normalized spacial score (nSPS) is 15.8. The molecule has 244 valence electrons. The lowest BCUT2D eigenvalue weighted by Gasteiger charge is -2.24. The summed E-state index contributed by atoms with van der Waals surface area (Å²) in [6, 6.07) is 15.9. The topological polar surface area (TPSA) is 110 Å². The van der Waals surface area contributed by atoms with Gasteiger partial charge in [-0.05, 0) is 30.7 Å². The summed E-state index contributed by atoms with van der Waals surface area (Å²) in [4.78, 5) is 52.7. The fourth-order valence-corrected chi connectivity index (χ4v) is 5.81. The summed E-state index contributed by atoms with van der Waals surface area (Å²) >= 11 is 5.82. The molecular weight excluding hydrogens is 629 g/mol. The summed E-state index contributed by atoms with van der Waals surface area (Å²) in [5.74, 6) is -1.92. The van der Waals surface area contributed by atoms with Gasteiger partial charge >= 0.3 is 6.09 Å². The highest BCUT2D eigenvalue weighted by Gasteiger charge is 2.40. The maximum absolute atomic E-state index is 14.6. The molecule has 1 aromatic heterocycles. The number of nitrogens with zero attached hydrogens (tertiary/aromatic N) is 2. The highest BCUT2D eigenvalue weighted by molar-refractivity contribution is 6.70. The molecule has 3 amide bonds. The van der Waals surface area contributed by atoms with E-state index in [1.54, 1.807) is 18.2 Å². The van der Waals surface area contributed by atoms with Crippen molar-refractivity contribution < 1.29 is 32.7 Å². The van der Waals surface area contributed by atoms with Gasteiger partial charge in [0.05, 0.1) is 17.1 Å². The van der Waals surface area contributed by atoms with E-state index < -0.39 is 35.9 Å². The maximum atomic E-state index is 14.6. The minimum absolute atomic E-state index is 0.0938. The predicted octanol–water partition coefficient (Wildman–Crippen LogP) is 5.14. The van der Waals surface area contributed by atoms with Crippen molar-refractivity contribution >= 4 is 58.4 Å². The molecular formula is C34H34BClF2N4O5. The molecule has 1 fully saturated rings. The van der Waals surface area contributed by atoms with E-state index >= 15 is 0 Å². The summed E-state index contributed by atoms with van der Waals surface area (Å²) in [5, 5.41) is 5.73. The number of amides is 3. The Labute approximate surface area is 276 Å². The van der Waals surface area contributed by atoms with E-state index in [2.05, 4.69) is 24.3 Å². The first-order valence-corrected chi connectivity index (χ1v) is 15.6. The zero-order valence-corrected chi connectivity index (χ0v) is 26.9. The predicted molar refractivity (Wildman–Crippen MR) is 177 cm³/mol. The van der Waals surface area contributed by atoms with E-state index in [1.165, 1.54) is 41.3 Å². The Kier molecular flexibility index (Phi) is 10.3. The molecule has 0 spiro atoms. The third-order valence-corrected chi connectivity index (χ3v) is 8.48. The number of ether oxygens (including phenoxy) is 1. The molecule has 1 aliphatic rings. The minimum Gasteiger partial charge on any atom is -0.410 e. The summed E-state index contributed by atoms with van der Waals surface area (Å²) in [6.07, 6.45) is -0.820. The van der Waals surface area contributed by atoms with Crippen LogP contribution in [-0.4, -0.2) is 58.6 Å². The van der Waals surface area contributed by atoms with Crippen molar-refractivity contribution in [1.29, 1.82) is 0 Å². The molecule has 0 radical (unpaired) electrons. The molecule has 0 unspecified atom stereocenters. The van der Waals surface area contributed by atoms with Crippen molar-refractivity contribution in [3.63, 3.8) is 0 Å². The molecule has 47 heavy (non-hydrogen) atoms. The van der Waals surface area contributed by atoms with E-state index in [1.807, 2.05) is 24.3 Å². The second-order valence-electron chi connectivity index (χ2n) is 11.9. The van der Waals surface area contributed by atoms with Crippen LogP contribution in [0.1, 0.15) is 34.8 Å². The van der Waals surface area contributed by atoms with Crippen LogP contribution < -0.4 is 20.8 Å². The minimum atomic E-state index is -1.43. The number of hydrogen-bond donors (Lipinski definition) is 2. The number of Topliss-reactive ketones (excluding diaryl/α,β-unsaturated/α-hetero) is 1. The number of ketones is 1. The Hall–Kier alpha value is -4.71. The van der Waals surface area contributed by atoms with E-state index in [0.717, 1.165) is 10.5 Å². The quantitative estimate of drug-likeness (QED) is 0.181. The third-order valence-electron chi connectivity index (χ3n) is 8.19. The monoisotopic (exact) mass is 662 g/mol. The van der Waals surface area contributed by atoms with Gasteiger partial charge in [-0.3, -0.25) is 14.4 Å². The van der Waals surface area contributed by atoms with Crippen molar-refractivity contribution in [3.05, 3.63) is 94.4 Å². The Morgan fingerprint density at radius 2 is 1.77 bits per heavy atom. The van der Waals surface area contributed by atoms with E-state index in [9.17, 15) is 28.0 Å². The van der Waals surface area contributed by atoms with Gasteiger partial charge in [0.15, 0.2) is 12.5 Å². The number of benzene rings is 3. The van der Waals surface area contributed by atoms with Crippen LogP contribution in [0.5, 0.6) is 5.75 Å². The Balaban J connectivity index is 1.28. The molecule has 0 saturated carbocycles. The number of aromatic nitrogens is 1. The Bertz CT molecular complexity index is 1830. The SMILES string of the molecule is CB(C)c1ccc(CNC(=O)Oc2ccc3c(C(C)=O)cn(CC(=O)N4C[C@H](F)C[C@H]4C(=O)NCc4cccc(Cl)c4F)c3c2)cc1. The average molecular weight is 663 g/mol. The molecule has 1 saturated heterocycles. The molecule has 1 aliphatic heterocycles. The van der Waals surface area contributed by atoms with Gasteiger partial charge in [-0.1, -0.05) is 67.1 Å². The fraction of sp³-hybridized carbons (Fsp3) is 0.294. The maximum Gasteiger partial charge on any atom is 0.412 e. The number of carbonyl (C=O) groups is 4. The Morgan fingerprint density at radius 1 is 1.02 bits per heavy atom. The number of carbonyl (C=O) groups excluding carboxylic acids is 4. The zero-order valence-electron chi connectivity index (χ0n) is 26.2. The number of alkyl halides is 1. The molecule has 4 aromatic rings. The summed E-state index contributed by atoms with van der Waals surface area (Å²) in [5.41, 5.74) is 3.03. The molecule has 0 bridgehead atoms. The standard InChI is InChI=1S/C34H34BClF2N4O5/c1-20(43)27-18-41(19-31(44)42-17-24(37)13-30(42)33(45)39-16-22-5-4-6-28(36)32(22)38)29-14-25(11-12-26(27)29)47-34(46)40-15-21-7-9-23(10-8-21)35(2)3/h4-12,14,18,24,30H,13,15-17,19H2,1-3H3,(H,39,45)(H,40,46)/t24-,30+/m1/s1. The van der Waals surface area contributed by atoms with Gasteiger partial charge in [0.2, 0.25) is 11.8 Å². The van der Waals surface area contributed by atoms with Crippen LogP contribution in [0.15, 0.2) is 66.9 Å². The molecule has 0 aliphatic carbocycles. The first-order valence-electron chi connectivity index (χ1n) is 15.2. The average Bonchev–Trinajstić information content (AvgIpc) is 3.61. The van der Waals surface area contributed by atoms with E-state index in [0.29, 0.717) is 23.2 Å². The number of rotatable bonds is 10. The highest BCUT2D eigenvalue weighted by Crippen LogP contribution is 2.28. The van der Waals surface area contributed by atoms with Gasteiger partial charge in [0.1, 0.15) is 30.3 Å². The molecule has 2 N–H and O–H groups in total. The number of nitrogens with one attached hydrogen (secondary N) is 2. The van der Waals surface area contributed by atoms with Crippen molar-refractivity contribution in [2.24, 2.45) is 0 Å². The Morgan fingerprint density at radius 3 is 2.47 bits per heavy atom.